The Balaban J connectivity index is 2.03. The van der Waals surface area contributed by atoms with Crippen molar-refractivity contribution in [1.29, 1.82) is 0 Å². The molecular formula is C28H33N3O3. The van der Waals surface area contributed by atoms with Crippen molar-refractivity contribution in [1.82, 2.24) is 5.32 Å². The summed E-state index contributed by atoms with van der Waals surface area (Å²) in [5.74, 6) is -1.61. The van der Waals surface area contributed by atoms with E-state index in [4.69, 9.17) is 4.99 Å². The number of amides is 2. The molecule has 0 fully saturated rings. The molecule has 2 aromatic rings. The zero-order valence-corrected chi connectivity index (χ0v) is 20.3. The van der Waals surface area contributed by atoms with Crippen molar-refractivity contribution in [2.24, 2.45) is 22.7 Å². The quantitative estimate of drug-likeness (QED) is 0.565. The SMILES string of the molecule is C=CC[C@H](C(C)=O)[C@@H](CC(C)C)C(=O)NC1N=C(c2ccccc2)c2ccccc2N(C)C1=O. The third kappa shape index (κ3) is 5.50. The Morgan fingerprint density at radius 1 is 1.09 bits per heavy atom. The van der Waals surface area contributed by atoms with E-state index < -0.39 is 18.0 Å². The van der Waals surface area contributed by atoms with Crippen LogP contribution in [0.1, 0.15) is 44.7 Å². The fourth-order valence-corrected chi connectivity index (χ4v) is 4.44. The molecule has 0 aliphatic carbocycles. The molecule has 2 aromatic carbocycles. The minimum Gasteiger partial charge on any atom is -0.326 e. The Kier molecular flexibility index (Phi) is 8.16. The summed E-state index contributed by atoms with van der Waals surface area (Å²) in [7, 11) is 1.69. The van der Waals surface area contributed by atoms with E-state index in [9.17, 15) is 14.4 Å². The van der Waals surface area contributed by atoms with Crippen molar-refractivity contribution in [2.45, 2.75) is 39.8 Å². The zero-order valence-electron chi connectivity index (χ0n) is 20.3. The highest BCUT2D eigenvalue weighted by molar-refractivity contribution is 6.20. The van der Waals surface area contributed by atoms with Gasteiger partial charge in [-0.05, 0) is 31.7 Å². The molecule has 1 unspecified atom stereocenters. The van der Waals surface area contributed by atoms with Crippen LogP contribution in [-0.4, -0.2) is 36.5 Å². The van der Waals surface area contributed by atoms with Gasteiger partial charge < -0.3 is 10.2 Å². The van der Waals surface area contributed by atoms with Gasteiger partial charge in [-0.15, -0.1) is 6.58 Å². The number of Topliss-reactive ketones (excluding diaryl/α,β-unsaturated/α-hetero) is 1. The molecule has 0 saturated heterocycles. The molecule has 1 heterocycles. The van der Waals surface area contributed by atoms with E-state index in [0.717, 1.165) is 16.8 Å². The van der Waals surface area contributed by atoms with E-state index in [0.29, 0.717) is 18.6 Å². The number of allylic oxidation sites excluding steroid dienone is 1. The van der Waals surface area contributed by atoms with Crippen LogP contribution in [0.5, 0.6) is 0 Å². The molecule has 2 amide bonds. The summed E-state index contributed by atoms with van der Waals surface area (Å²) >= 11 is 0. The number of nitrogens with one attached hydrogen (secondary N) is 1. The molecule has 0 saturated carbocycles. The van der Waals surface area contributed by atoms with E-state index >= 15 is 0 Å². The van der Waals surface area contributed by atoms with Crippen molar-refractivity contribution < 1.29 is 14.4 Å². The van der Waals surface area contributed by atoms with E-state index in [1.54, 1.807) is 13.1 Å². The molecule has 3 atom stereocenters. The third-order valence-corrected chi connectivity index (χ3v) is 6.16. The van der Waals surface area contributed by atoms with Gasteiger partial charge in [-0.25, -0.2) is 4.99 Å². The largest absolute Gasteiger partial charge is 0.326 e. The van der Waals surface area contributed by atoms with Crippen LogP contribution in [0.2, 0.25) is 0 Å². The Morgan fingerprint density at radius 2 is 1.74 bits per heavy atom. The number of carbonyl (C=O) groups is 3. The van der Waals surface area contributed by atoms with Gasteiger partial charge >= 0.3 is 0 Å². The average Bonchev–Trinajstić information content (AvgIpc) is 2.92. The number of hydrogen-bond donors (Lipinski definition) is 1. The number of aliphatic imine (C=N–C) groups is 1. The number of para-hydroxylation sites is 1. The van der Waals surface area contributed by atoms with Crippen LogP contribution in [0.15, 0.2) is 72.2 Å². The molecule has 6 heteroatoms. The Bertz CT molecular complexity index is 1090. The summed E-state index contributed by atoms with van der Waals surface area (Å²) in [5.41, 5.74) is 3.02. The van der Waals surface area contributed by atoms with E-state index in [1.807, 2.05) is 68.4 Å². The second-order valence-electron chi connectivity index (χ2n) is 9.15. The Hall–Kier alpha value is -3.54. The van der Waals surface area contributed by atoms with Crippen molar-refractivity contribution in [3.8, 4) is 0 Å². The number of ketones is 1. The fourth-order valence-electron chi connectivity index (χ4n) is 4.44. The van der Waals surface area contributed by atoms with Crippen molar-refractivity contribution in [3.05, 3.63) is 78.4 Å². The molecule has 0 bridgehead atoms. The normalized spacial score (nSPS) is 17.3. The van der Waals surface area contributed by atoms with E-state index in [2.05, 4.69) is 11.9 Å². The lowest BCUT2D eigenvalue weighted by atomic mass is 9.80. The number of anilines is 1. The maximum Gasteiger partial charge on any atom is 0.272 e. The number of likely N-dealkylation sites (N-methyl/N-ethyl adjacent to an activating group) is 1. The van der Waals surface area contributed by atoms with Crippen LogP contribution in [-0.2, 0) is 14.4 Å². The number of rotatable bonds is 9. The molecule has 3 rings (SSSR count). The first-order chi connectivity index (χ1) is 16.2. The predicted molar refractivity (Wildman–Crippen MR) is 136 cm³/mol. The summed E-state index contributed by atoms with van der Waals surface area (Å²) < 4.78 is 0. The summed E-state index contributed by atoms with van der Waals surface area (Å²) in [5, 5.41) is 2.87. The second-order valence-corrected chi connectivity index (χ2v) is 9.15. The van der Waals surface area contributed by atoms with Crippen molar-refractivity contribution in [3.63, 3.8) is 0 Å². The molecule has 1 aliphatic heterocycles. The highest BCUT2D eigenvalue weighted by Crippen LogP contribution is 2.29. The number of fused-ring (bicyclic) bond motifs is 1. The van der Waals surface area contributed by atoms with Gasteiger partial charge in [0.25, 0.3) is 5.91 Å². The molecule has 34 heavy (non-hydrogen) atoms. The van der Waals surface area contributed by atoms with Gasteiger partial charge in [-0.3, -0.25) is 14.4 Å². The molecular weight excluding hydrogens is 426 g/mol. The highest BCUT2D eigenvalue weighted by Gasteiger charge is 2.36. The molecule has 6 nitrogen and oxygen atoms in total. The Labute approximate surface area is 201 Å². The van der Waals surface area contributed by atoms with E-state index in [1.165, 1.54) is 11.8 Å². The summed E-state index contributed by atoms with van der Waals surface area (Å²) in [4.78, 5) is 45.6. The summed E-state index contributed by atoms with van der Waals surface area (Å²) in [6.07, 6.45) is 1.49. The number of nitrogens with zero attached hydrogens (tertiary/aromatic N) is 2. The Morgan fingerprint density at radius 3 is 2.35 bits per heavy atom. The van der Waals surface area contributed by atoms with Gasteiger partial charge in [0.1, 0.15) is 5.78 Å². The van der Waals surface area contributed by atoms with Gasteiger partial charge in [-0.2, -0.15) is 0 Å². The first kappa shape index (κ1) is 25.1. The topological polar surface area (TPSA) is 78.8 Å². The van der Waals surface area contributed by atoms with Crippen LogP contribution in [0.4, 0.5) is 5.69 Å². The number of hydrogen-bond acceptors (Lipinski definition) is 4. The minimum atomic E-state index is -1.11. The lowest BCUT2D eigenvalue weighted by molar-refractivity contribution is -0.135. The molecule has 0 spiro atoms. The van der Waals surface area contributed by atoms with Crippen LogP contribution >= 0.6 is 0 Å². The van der Waals surface area contributed by atoms with E-state index in [-0.39, 0.29) is 23.5 Å². The maximum absolute atomic E-state index is 13.5. The first-order valence-electron chi connectivity index (χ1n) is 11.7. The predicted octanol–water partition coefficient (Wildman–Crippen LogP) is 4.39. The van der Waals surface area contributed by atoms with Gasteiger partial charge in [0, 0.05) is 30.0 Å². The van der Waals surface area contributed by atoms with Crippen LogP contribution < -0.4 is 10.2 Å². The second kappa shape index (κ2) is 11.1. The van der Waals surface area contributed by atoms with Gasteiger partial charge in [0.15, 0.2) is 0 Å². The monoisotopic (exact) mass is 459 g/mol. The molecule has 0 aromatic heterocycles. The van der Waals surface area contributed by atoms with Gasteiger partial charge in [-0.1, -0.05) is 68.5 Å². The van der Waals surface area contributed by atoms with Crippen molar-refractivity contribution in [2.75, 3.05) is 11.9 Å². The lowest BCUT2D eigenvalue weighted by Crippen LogP contribution is -2.49. The number of benzodiazepines with no additional fused rings is 1. The number of carbonyl (C=O) groups excluding carboxylic acids is 3. The van der Waals surface area contributed by atoms with Crippen molar-refractivity contribution >= 4 is 29.0 Å². The summed E-state index contributed by atoms with van der Waals surface area (Å²) in [6.45, 7) is 9.28. The summed E-state index contributed by atoms with van der Waals surface area (Å²) in [6, 6.07) is 17.2. The average molecular weight is 460 g/mol. The highest BCUT2D eigenvalue weighted by atomic mass is 16.2. The number of benzene rings is 2. The third-order valence-electron chi connectivity index (χ3n) is 6.16. The standard InChI is InChI=1S/C28H33N3O3/c1-6-12-21(19(4)32)23(17-18(2)3)27(33)30-26-28(34)31(5)24-16-11-10-15-22(24)25(29-26)20-13-8-7-9-14-20/h6-11,13-16,18,21,23,26H,1,12,17H2,2-5H3,(H,30,33)/t21-,23-,26?/m1/s1. The fraction of sp³-hybridized carbons (Fsp3) is 0.357. The minimum absolute atomic E-state index is 0.0640. The van der Waals surface area contributed by atoms with Crippen LogP contribution in [0.3, 0.4) is 0 Å². The lowest BCUT2D eigenvalue weighted by Gasteiger charge is -2.27. The van der Waals surface area contributed by atoms with Gasteiger partial charge in [0.2, 0.25) is 12.1 Å². The molecule has 178 valence electrons. The maximum atomic E-state index is 13.5. The molecule has 0 radical (unpaired) electrons. The smallest absolute Gasteiger partial charge is 0.272 e. The zero-order chi connectivity index (χ0) is 24.8. The van der Waals surface area contributed by atoms with Crippen LogP contribution in [0.25, 0.3) is 0 Å². The first-order valence-corrected chi connectivity index (χ1v) is 11.7. The molecule has 1 aliphatic rings. The van der Waals surface area contributed by atoms with Gasteiger partial charge in [0.05, 0.1) is 11.4 Å². The van der Waals surface area contributed by atoms with Crippen LogP contribution in [0, 0.1) is 17.8 Å². The molecule has 1 N–H and O–H groups in total.